The number of rotatable bonds is 4. The van der Waals surface area contributed by atoms with Gasteiger partial charge in [-0.2, -0.15) is 9.36 Å². The lowest BCUT2D eigenvalue weighted by molar-refractivity contribution is 0.305. The molecule has 0 unspecified atom stereocenters. The second-order valence-corrected chi connectivity index (χ2v) is 6.06. The molecule has 3 aromatic rings. The van der Waals surface area contributed by atoms with Crippen molar-refractivity contribution in [2.45, 2.75) is 13.5 Å². The maximum Gasteiger partial charge on any atom is 0.368 e. The summed E-state index contributed by atoms with van der Waals surface area (Å²) < 4.78 is 8.17. The summed E-state index contributed by atoms with van der Waals surface area (Å²) in [6, 6.07) is 10.7. The topological polar surface area (TPSA) is 61.9 Å². The van der Waals surface area contributed by atoms with Crippen LogP contribution in [0.25, 0.3) is 5.69 Å². The van der Waals surface area contributed by atoms with Crippen molar-refractivity contribution in [1.82, 2.24) is 19.8 Å². The minimum atomic E-state index is -0.334. The van der Waals surface area contributed by atoms with E-state index in [-0.39, 0.29) is 12.3 Å². The van der Waals surface area contributed by atoms with E-state index in [0.717, 1.165) is 15.8 Å². The lowest BCUT2D eigenvalue weighted by atomic mass is 10.2. The van der Waals surface area contributed by atoms with Gasteiger partial charge in [-0.3, -0.25) is 0 Å². The first kappa shape index (κ1) is 16.5. The number of ether oxygens (including phenoxy) is 1. The van der Waals surface area contributed by atoms with E-state index < -0.39 is 0 Å². The third-order valence-corrected chi connectivity index (χ3v) is 4.24. The number of hydrogen-bond donors (Lipinski definition) is 0. The second-order valence-electron chi connectivity index (χ2n) is 5.25. The molecule has 0 saturated carbocycles. The third kappa shape index (κ3) is 3.16. The fourth-order valence-corrected chi connectivity index (χ4v) is 2.62. The van der Waals surface area contributed by atoms with Crippen molar-refractivity contribution in [2.75, 3.05) is 0 Å². The number of nitrogens with zero attached hydrogens (tertiary/aromatic N) is 4. The average molecular weight is 365 g/mol. The fraction of sp³-hybridized carbons (Fsp3) is 0.188. The summed E-state index contributed by atoms with van der Waals surface area (Å²) in [7, 11) is 1.54. The molecule has 0 saturated heterocycles. The Kier molecular flexibility index (Phi) is 4.59. The number of tetrazole rings is 1. The molecule has 1 heterocycles. The molecule has 0 N–H and O–H groups in total. The van der Waals surface area contributed by atoms with E-state index in [0.29, 0.717) is 21.5 Å². The molecule has 0 atom stereocenters. The van der Waals surface area contributed by atoms with Crippen LogP contribution in [-0.4, -0.2) is 19.8 Å². The van der Waals surface area contributed by atoms with Crippen molar-refractivity contribution in [3.05, 3.63) is 68.1 Å². The Morgan fingerprint density at radius 2 is 1.88 bits per heavy atom. The van der Waals surface area contributed by atoms with Gasteiger partial charge in [0.05, 0.1) is 10.7 Å². The molecule has 24 heavy (non-hydrogen) atoms. The van der Waals surface area contributed by atoms with Gasteiger partial charge in [0.15, 0.2) is 0 Å². The van der Waals surface area contributed by atoms with Gasteiger partial charge in [-0.1, -0.05) is 41.4 Å². The van der Waals surface area contributed by atoms with Crippen molar-refractivity contribution in [1.29, 1.82) is 0 Å². The Bertz CT molecular complexity index is 949. The number of para-hydroxylation sites is 1. The normalized spacial score (nSPS) is 10.8. The maximum absolute atomic E-state index is 12.1. The van der Waals surface area contributed by atoms with E-state index in [2.05, 4.69) is 10.4 Å². The maximum atomic E-state index is 12.1. The summed E-state index contributed by atoms with van der Waals surface area (Å²) in [4.78, 5) is 12.1. The summed E-state index contributed by atoms with van der Waals surface area (Å²) >= 11 is 12.3. The van der Waals surface area contributed by atoms with Crippen LogP contribution in [0.4, 0.5) is 0 Å². The van der Waals surface area contributed by atoms with Crippen LogP contribution in [0.5, 0.6) is 5.75 Å². The van der Waals surface area contributed by atoms with Crippen molar-refractivity contribution < 1.29 is 4.74 Å². The van der Waals surface area contributed by atoms with Crippen LogP contribution < -0.4 is 10.4 Å². The molecule has 124 valence electrons. The van der Waals surface area contributed by atoms with Gasteiger partial charge >= 0.3 is 5.69 Å². The molecule has 0 fully saturated rings. The molecule has 0 aliphatic rings. The number of aryl methyl sites for hydroxylation is 2. The zero-order chi connectivity index (χ0) is 17.3. The number of halogens is 2. The van der Waals surface area contributed by atoms with Crippen LogP contribution in [0.2, 0.25) is 10.0 Å². The van der Waals surface area contributed by atoms with E-state index in [1.807, 2.05) is 25.1 Å². The van der Waals surface area contributed by atoms with Gasteiger partial charge in [0.1, 0.15) is 12.4 Å². The van der Waals surface area contributed by atoms with Crippen molar-refractivity contribution in [3.8, 4) is 11.4 Å². The lowest BCUT2D eigenvalue weighted by Crippen LogP contribution is -2.23. The molecule has 3 rings (SSSR count). The number of benzene rings is 2. The zero-order valence-corrected chi connectivity index (χ0v) is 14.5. The monoisotopic (exact) mass is 364 g/mol. The van der Waals surface area contributed by atoms with Crippen molar-refractivity contribution in [2.24, 2.45) is 7.05 Å². The Labute approximate surface area is 148 Å². The highest BCUT2D eigenvalue weighted by atomic mass is 35.5. The highest BCUT2D eigenvalue weighted by molar-refractivity contribution is 6.34. The first-order chi connectivity index (χ1) is 11.5. The van der Waals surface area contributed by atoms with Gasteiger partial charge in [-0.05, 0) is 35.0 Å². The first-order valence-electron chi connectivity index (χ1n) is 7.13. The summed E-state index contributed by atoms with van der Waals surface area (Å²) in [5.41, 5.74) is 1.91. The van der Waals surface area contributed by atoms with Gasteiger partial charge in [-0.25, -0.2) is 4.79 Å². The highest BCUT2D eigenvalue weighted by Crippen LogP contribution is 2.31. The van der Waals surface area contributed by atoms with Crippen LogP contribution in [0.3, 0.4) is 0 Å². The summed E-state index contributed by atoms with van der Waals surface area (Å²) in [6.45, 7) is 2.08. The minimum Gasteiger partial charge on any atom is -0.487 e. The van der Waals surface area contributed by atoms with E-state index >= 15 is 0 Å². The lowest BCUT2D eigenvalue weighted by Gasteiger charge is -2.12. The van der Waals surface area contributed by atoms with Crippen LogP contribution in [0.1, 0.15) is 11.1 Å². The predicted octanol–water partition coefficient (Wildman–Crippen LogP) is 3.16. The van der Waals surface area contributed by atoms with Crippen LogP contribution in [0.15, 0.2) is 41.2 Å². The molecule has 0 aliphatic carbocycles. The Morgan fingerprint density at radius 3 is 2.58 bits per heavy atom. The van der Waals surface area contributed by atoms with Crippen LogP contribution in [0, 0.1) is 6.92 Å². The molecule has 0 bridgehead atoms. The molecule has 0 aliphatic heterocycles. The Balaban J connectivity index is 1.91. The molecule has 0 spiro atoms. The van der Waals surface area contributed by atoms with E-state index in [9.17, 15) is 4.79 Å². The molecular weight excluding hydrogens is 351 g/mol. The van der Waals surface area contributed by atoms with Gasteiger partial charge in [-0.15, -0.1) is 0 Å². The molecule has 6 nitrogen and oxygen atoms in total. The van der Waals surface area contributed by atoms with Crippen molar-refractivity contribution >= 4 is 23.2 Å². The smallest absolute Gasteiger partial charge is 0.368 e. The number of hydrogen-bond acceptors (Lipinski definition) is 4. The van der Waals surface area contributed by atoms with E-state index in [1.165, 1.54) is 4.68 Å². The largest absolute Gasteiger partial charge is 0.487 e. The highest BCUT2D eigenvalue weighted by Gasteiger charge is 2.12. The summed E-state index contributed by atoms with van der Waals surface area (Å²) in [5, 5.41) is 8.64. The zero-order valence-electron chi connectivity index (χ0n) is 13.0. The minimum absolute atomic E-state index is 0.207. The van der Waals surface area contributed by atoms with E-state index in [1.54, 1.807) is 25.2 Å². The van der Waals surface area contributed by atoms with Gasteiger partial charge < -0.3 is 4.74 Å². The Hall–Kier alpha value is -2.31. The van der Waals surface area contributed by atoms with Gasteiger partial charge in [0.25, 0.3) is 0 Å². The summed E-state index contributed by atoms with van der Waals surface area (Å²) in [5.74, 6) is 0.480. The first-order valence-corrected chi connectivity index (χ1v) is 7.88. The predicted molar refractivity (Wildman–Crippen MR) is 92.1 cm³/mol. The summed E-state index contributed by atoms with van der Waals surface area (Å²) in [6.07, 6.45) is 0. The quantitative estimate of drug-likeness (QED) is 0.713. The molecule has 2 aromatic carbocycles. The molecule has 0 radical (unpaired) electrons. The van der Waals surface area contributed by atoms with Crippen LogP contribution in [-0.2, 0) is 13.7 Å². The average Bonchev–Trinajstić information content (AvgIpc) is 2.89. The van der Waals surface area contributed by atoms with Gasteiger partial charge in [0.2, 0.25) is 0 Å². The fourth-order valence-electron chi connectivity index (χ4n) is 2.20. The standard InChI is InChI=1S/C16H14Cl2N4O2/c1-10-7-13(18)15(8-12(10)17)24-9-11-5-3-4-6-14(11)22-16(23)21(2)19-20-22/h3-8H,9H2,1-2H3. The molecule has 8 heteroatoms. The van der Waals surface area contributed by atoms with Gasteiger partial charge in [0, 0.05) is 23.7 Å². The second kappa shape index (κ2) is 6.67. The van der Waals surface area contributed by atoms with Crippen LogP contribution >= 0.6 is 23.2 Å². The SMILES string of the molecule is Cc1cc(Cl)c(OCc2ccccc2-n2nnn(C)c2=O)cc1Cl. The third-order valence-electron chi connectivity index (χ3n) is 3.54. The Morgan fingerprint density at radius 1 is 1.12 bits per heavy atom. The molecule has 1 aromatic heterocycles. The molecular formula is C16H14Cl2N4O2. The number of aromatic nitrogens is 4. The van der Waals surface area contributed by atoms with E-state index in [4.69, 9.17) is 27.9 Å². The van der Waals surface area contributed by atoms with Crippen molar-refractivity contribution in [3.63, 3.8) is 0 Å². The molecule has 0 amide bonds.